The van der Waals surface area contributed by atoms with Crippen molar-refractivity contribution >= 4 is 27.4 Å². The van der Waals surface area contributed by atoms with E-state index in [0.717, 1.165) is 18.6 Å². The Labute approximate surface area is 184 Å². The van der Waals surface area contributed by atoms with Gasteiger partial charge in [-0.25, -0.2) is 13.2 Å². The molecular weight excluding hydrogens is 478 g/mol. The molecule has 0 radical (unpaired) electrons. The van der Waals surface area contributed by atoms with Crippen LogP contribution in [0.5, 0.6) is 0 Å². The first-order chi connectivity index (χ1) is 15.2. The van der Waals surface area contributed by atoms with Crippen molar-refractivity contribution in [1.82, 2.24) is 0 Å². The topological polar surface area (TPSA) is 86.7 Å². The van der Waals surface area contributed by atoms with E-state index >= 15 is 0 Å². The quantitative estimate of drug-likeness (QED) is 0.555. The van der Waals surface area contributed by atoms with Crippen molar-refractivity contribution in [3.05, 3.63) is 53.1 Å². The molecule has 0 atom stereocenters. The van der Waals surface area contributed by atoms with Crippen molar-refractivity contribution < 1.29 is 44.7 Å². The largest absolute Gasteiger partial charge is 0.478 e. The van der Waals surface area contributed by atoms with Gasteiger partial charge in [0.25, 0.3) is 10.0 Å². The molecule has 33 heavy (non-hydrogen) atoms. The second kappa shape index (κ2) is 8.76. The number of benzene rings is 2. The molecule has 0 unspecified atom stereocenters. The number of hydrogen-bond acceptors (Lipinski definition) is 4. The van der Waals surface area contributed by atoms with Crippen molar-refractivity contribution in [2.75, 3.05) is 22.7 Å². The van der Waals surface area contributed by atoms with Crippen LogP contribution in [0.2, 0.25) is 0 Å². The Morgan fingerprint density at radius 1 is 0.909 bits per heavy atom. The van der Waals surface area contributed by atoms with Gasteiger partial charge in [-0.05, 0) is 55.7 Å². The van der Waals surface area contributed by atoms with Gasteiger partial charge >= 0.3 is 18.3 Å². The number of rotatable bonds is 5. The molecule has 1 aliphatic heterocycles. The van der Waals surface area contributed by atoms with Gasteiger partial charge in [0.2, 0.25) is 0 Å². The second-order valence-corrected chi connectivity index (χ2v) is 9.05. The van der Waals surface area contributed by atoms with Crippen LogP contribution < -0.4 is 9.62 Å². The smallest absolute Gasteiger partial charge is 0.417 e. The van der Waals surface area contributed by atoms with Crippen LogP contribution in [0.1, 0.15) is 40.7 Å². The van der Waals surface area contributed by atoms with Crippen LogP contribution in [0, 0.1) is 0 Å². The lowest BCUT2D eigenvalue weighted by molar-refractivity contribution is -0.140. The average Bonchev–Trinajstić information content (AvgIpc) is 2.72. The summed E-state index contributed by atoms with van der Waals surface area (Å²) in [5, 5.41) is 9.07. The van der Waals surface area contributed by atoms with E-state index in [1.807, 2.05) is 4.72 Å². The highest BCUT2D eigenvalue weighted by Gasteiger charge is 2.38. The van der Waals surface area contributed by atoms with E-state index in [1.54, 1.807) is 4.90 Å². The van der Waals surface area contributed by atoms with Gasteiger partial charge in [0, 0.05) is 13.1 Å². The summed E-state index contributed by atoms with van der Waals surface area (Å²) in [4.78, 5) is 11.4. The van der Waals surface area contributed by atoms with Crippen molar-refractivity contribution in [1.29, 1.82) is 0 Å². The van der Waals surface area contributed by atoms with E-state index in [1.165, 1.54) is 0 Å². The number of alkyl halides is 6. The Bertz CT molecular complexity index is 1160. The van der Waals surface area contributed by atoms with E-state index < -0.39 is 55.6 Å². The Kier molecular flexibility index (Phi) is 6.55. The summed E-state index contributed by atoms with van der Waals surface area (Å²) in [6.45, 7) is 0.838. The fourth-order valence-electron chi connectivity index (χ4n) is 3.52. The molecule has 1 fully saturated rings. The lowest BCUT2D eigenvalue weighted by atomic mass is 10.1. The molecule has 6 nitrogen and oxygen atoms in total. The molecule has 13 heteroatoms. The number of anilines is 2. The first-order valence-corrected chi connectivity index (χ1v) is 11.1. The number of carbonyl (C=O) groups is 1. The molecule has 0 bridgehead atoms. The number of hydrogen-bond donors (Lipinski definition) is 2. The minimum atomic E-state index is -5.16. The SMILES string of the molecule is O=C(O)c1ccc(C(F)(F)F)c(S(=O)(=O)Nc2cc(C(F)(F)F)ccc2N2CCCCC2)c1. The standard InChI is InChI=1S/C20H18F6N2O4S/c21-19(22,23)13-5-7-16(28-8-2-1-3-9-28)15(11-13)27-33(31,32)17-10-12(18(29)30)4-6-14(17)20(24,25)26/h4-7,10-11,27H,1-3,8-9H2,(H,29,30). The van der Waals surface area contributed by atoms with Crippen LogP contribution in [-0.4, -0.2) is 32.6 Å². The third-order valence-corrected chi connectivity index (χ3v) is 6.49. The summed E-state index contributed by atoms with van der Waals surface area (Å²) in [7, 11) is -5.13. The van der Waals surface area contributed by atoms with E-state index in [-0.39, 0.29) is 5.69 Å². The number of sulfonamides is 1. The Hall–Kier alpha value is -2.96. The van der Waals surface area contributed by atoms with Gasteiger partial charge in [0.1, 0.15) is 4.90 Å². The summed E-state index contributed by atoms with van der Waals surface area (Å²) in [5.41, 5.74) is -4.05. The molecule has 3 rings (SSSR count). The normalized spacial score (nSPS) is 15.4. The highest BCUT2D eigenvalue weighted by Crippen LogP contribution is 2.39. The number of carboxylic acids is 1. The maximum Gasteiger partial charge on any atom is 0.417 e. The van der Waals surface area contributed by atoms with Crippen LogP contribution in [0.3, 0.4) is 0 Å². The minimum Gasteiger partial charge on any atom is -0.478 e. The summed E-state index contributed by atoms with van der Waals surface area (Å²) in [6.07, 6.45) is -7.72. The van der Waals surface area contributed by atoms with Gasteiger partial charge in [-0.3, -0.25) is 4.72 Å². The van der Waals surface area contributed by atoms with Crippen molar-refractivity contribution in [2.24, 2.45) is 0 Å². The van der Waals surface area contributed by atoms with Gasteiger partial charge in [-0.15, -0.1) is 0 Å². The summed E-state index contributed by atoms with van der Waals surface area (Å²) in [5.74, 6) is -1.67. The van der Waals surface area contributed by atoms with Crippen LogP contribution in [-0.2, 0) is 22.4 Å². The van der Waals surface area contributed by atoms with Crippen molar-refractivity contribution in [2.45, 2.75) is 36.5 Å². The number of halogens is 6. The van der Waals surface area contributed by atoms with Crippen LogP contribution in [0.15, 0.2) is 41.3 Å². The highest BCUT2D eigenvalue weighted by molar-refractivity contribution is 7.92. The maximum absolute atomic E-state index is 13.4. The monoisotopic (exact) mass is 496 g/mol. The van der Waals surface area contributed by atoms with Gasteiger partial charge in [-0.2, -0.15) is 26.3 Å². The molecule has 1 saturated heterocycles. The van der Waals surface area contributed by atoms with E-state index in [2.05, 4.69) is 0 Å². The predicted molar refractivity (Wildman–Crippen MR) is 107 cm³/mol. The fourth-order valence-corrected chi connectivity index (χ4v) is 4.83. The molecule has 0 amide bonds. The lowest BCUT2D eigenvalue weighted by Crippen LogP contribution is -2.31. The summed E-state index contributed by atoms with van der Waals surface area (Å²) < 4.78 is 108. The number of piperidine rings is 1. The third-order valence-electron chi connectivity index (χ3n) is 5.09. The predicted octanol–water partition coefficient (Wildman–Crippen LogP) is 5.21. The summed E-state index contributed by atoms with van der Waals surface area (Å²) >= 11 is 0. The summed E-state index contributed by atoms with van der Waals surface area (Å²) in [6, 6.07) is 3.54. The minimum absolute atomic E-state index is 0.0780. The van der Waals surface area contributed by atoms with Gasteiger partial charge in [0.15, 0.2) is 0 Å². The zero-order valence-corrected chi connectivity index (χ0v) is 17.6. The molecule has 2 aromatic carbocycles. The van der Waals surface area contributed by atoms with Crippen molar-refractivity contribution in [3.8, 4) is 0 Å². The molecule has 1 heterocycles. The zero-order valence-electron chi connectivity index (χ0n) is 16.8. The van der Waals surface area contributed by atoms with E-state index in [4.69, 9.17) is 5.11 Å². The number of nitrogens with zero attached hydrogens (tertiary/aromatic N) is 1. The molecule has 0 spiro atoms. The molecule has 0 saturated carbocycles. The van der Waals surface area contributed by atoms with Gasteiger partial charge in [-0.1, -0.05) is 0 Å². The van der Waals surface area contributed by atoms with E-state index in [0.29, 0.717) is 50.2 Å². The molecule has 0 aromatic heterocycles. The number of aromatic carboxylic acids is 1. The van der Waals surface area contributed by atoms with Crippen molar-refractivity contribution in [3.63, 3.8) is 0 Å². The molecule has 0 aliphatic carbocycles. The molecule has 2 aromatic rings. The Morgan fingerprint density at radius 3 is 2.09 bits per heavy atom. The third kappa shape index (κ3) is 5.52. The first-order valence-electron chi connectivity index (χ1n) is 9.64. The average molecular weight is 496 g/mol. The Morgan fingerprint density at radius 2 is 1.55 bits per heavy atom. The second-order valence-electron chi connectivity index (χ2n) is 7.40. The fraction of sp³-hybridized carbons (Fsp3) is 0.350. The number of carboxylic acid groups (broad SMARTS) is 1. The van der Waals surface area contributed by atoms with Crippen LogP contribution >= 0.6 is 0 Å². The molecule has 2 N–H and O–H groups in total. The zero-order chi connectivity index (χ0) is 24.6. The lowest BCUT2D eigenvalue weighted by Gasteiger charge is -2.31. The molecular formula is C20H18F6N2O4S. The van der Waals surface area contributed by atoms with Crippen LogP contribution in [0.25, 0.3) is 0 Å². The van der Waals surface area contributed by atoms with E-state index in [9.17, 15) is 39.6 Å². The van der Waals surface area contributed by atoms with Crippen LogP contribution in [0.4, 0.5) is 37.7 Å². The van der Waals surface area contributed by atoms with Gasteiger partial charge < -0.3 is 10.0 Å². The maximum atomic E-state index is 13.4. The first kappa shape index (κ1) is 24.7. The molecule has 1 aliphatic rings. The van der Waals surface area contributed by atoms with Gasteiger partial charge in [0.05, 0.1) is 28.1 Å². The molecule has 180 valence electrons. The Balaban J connectivity index is 2.15. The highest BCUT2D eigenvalue weighted by atomic mass is 32.2. The number of nitrogens with one attached hydrogen (secondary N) is 1.